The van der Waals surface area contributed by atoms with Crippen LogP contribution in [0.25, 0.3) is 0 Å². The quantitative estimate of drug-likeness (QED) is 0.146. The number of hydrogen-bond acceptors (Lipinski definition) is 18. The second-order valence-electron chi connectivity index (χ2n) is 23.4. The molecule has 5 N–H and O–H groups in total. The molecule has 6 rings (SSSR count). The summed E-state index contributed by atoms with van der Waals surface area (Å²) in [5.41, 5.74) is -2.37. The zero-order valence-electron chi connectivity index (χ0n) is 47.5. The van der Waals surface area contributed by atoms with Crippen molar-refractivity contribution in [2.75, 3.05) is 66.1 Å². The lowest BCUT2D eigenvalue weighted by Crippen LogP contribution is -2.61. The predicted octanol–water partition coefficient (Wildman–Crippen LogP) is 4.55. The third-order valence-corrected chi connectivity index (χ3v) is 17.2. The standard InChI is InChI=1S/C55H92F2N6O13/c1-15-43-55(10,69)48(65)35(6)61(12)28-31(2)25-53(8,68)50(33(4)46(34(5)51(67)74-43)75-44-26-54(9,71-14)49(66)36(7)73-44)76-52-45(64)41(24-32(3)72-52)60(11)22-21-39-30-63(59-58-39)42(27-56)47(70-13)37-16-18-40(19-17-37)62-23-20-38(57)29-62/h16-19,30-36,38,41-50,52,64-66,68-69H,15,20-29H2,1-14H3/t31-,32-,33+,34-,35-,36+,38+,41+,42-,43-,44+,45-,46+,47-,48-,49+,50-,52+,53-,54-,55-/m1/s1. The van der Waals surface area contributed by atoms with Gasteiger partial charge in [0.15, 0.2) is 12.6 Å². The molecule has 21 heteroatoms. The normalized spacial score (nSPS) is 40.6. The molecule has 5 heterocycles. The summed E-state index contributed by atoms with van der Waals surface area (Å²) in [6.07, 6.45) is -8.50. The van der Waals surface area contributed by atoms with Gasteiger partial charge in [-0.15, -0.1) is 5.10 Å². The van der Waals surface area contributed by atoms with E-state index in [-0.39, 0.29) is 25.2 Å². The van der Waals surface area contributed by atoms with Crippen LogP contribution in [0.1, 0.15) is 125 Å². The Hall–Kier alpha value is -3.03. The largest absolute Gasteiger partial charge is 0.459 e. The number of alkyl halides is 2. The molecule has 0 radical (unpaired) electrons. The Morgan fingerprint density at radius 3 is 2.25 bits per heavy atom. The number of aliphatic hydroxyl groups excluding tert-OH is 3. The maximum Gasteiger partial charge on any atom is 0.311 e. The van der Waals surface area contributed by atoms with Gasteiger partial charge in [-0.05, 0) is 112 Å². The zero-order valence-corrected chi connectivity index (χ0v) is 47.5. The molecule has 4 aliphatic rings. The molecule has 0 unspecified atom stereocenters. The van der Waals surface area contributed by atoms with Crippen LogP contribution in [-0.2, 0) is 44.4 Å². The number of cyclic esters (lactones) is 1. The van der Waals surface area contributed by atoms with Crippen LogP contribution in [0.5, 0.6) is 0 Å². The molecule has 21 atom stereocenters. The lowest BCUT2D eigenvalue weighted by molar-refractivity contribution is -0.318. The third-order valence-electron chi connectivity index (χ3n) is 17.2. The number of aliphatic hydroxyl groups is 5. The Labute approximate surface area is 449 Å². The molecule has 2 aromatic rings. The van der Waals surface area contributed by atoms with Crippen LogP contribution in [0, 0.1) is 17.8 Å². The van der Waals surface area contributed by atoms with Crippen molar-refractivity contribution in [2.45, 2.75) is 216 Å². The SMILES string of the molecule is CC[C@H]1OC(=O)[C@H](C)[C@@H](O[C@H]2C[C@@](C)(OC)[C@@H](O)[C@H](C)O2)[C@H](C)[C@@H](O[C@@H]2O[C@H](C)C[C@H](N(C)CCc3cn([C@H](CF)[C@H](OC)c4ccc(N5CC[C@H](F)C5)cc4)nn3)[C@H]2O)[C@](C)(O)C[C@@H](C)CN(C)[C@H](C)[C@@H](O)[C@]1(C)O. The van der Waals surface area contributed by atoms with Gasteiger partial charge in [0.05, 0.1) is 47.2 Å². The minimum absolute atomic E-state index is 0.0794. The molecule has 0 bridgehead atoms. The van der Waals surface area contributed by atoms with E-state index in [9.17, 15) is 39.1 Å². The van der Waals surface area contributed by atoms with Crippen molar-refractivity contribution >= 4 is 11.7 Å². The average Bonchev–Trinajstić information content (AvgIpc) is 4.04. The minimum atomic E-state index is -1.86. The van der Waals surface area contributed by atoms with Gasteiger partial charge in [-0.25, -0.2) is 13.5 Å². The monoisotopic (exact) mass is 1080 g/mol. The smallest absolute Gasteiger partial charge is 0.311 e. The number of halogens is 2. The summed E-state index contributed by atoms with van der Waals surface area (Å²) in [5, 5.41) is 68.6. The molecule has 4 fully saturated rings. The third kappa shape index (κ3) is 14.1. The summed E-state index contributed by atoms with van der Waals surface area (Å²) in [6.45, 7) is 18.4. The number of esters is 1. The van der Waals surface area contributed by atoms with Crippen LogP contribution in [0.2, 0.25) is 0 Å². The molecule has 434 valence electrons. The molecule has 1 aromatic heterocycles. The van der Waals surface area contributed by atoms with E-state index in [1.807, 2.05) is 66.9 Å². The van der Waals surface area contributed by atoms with Gasteiger partial charge < -0.3 is 73.4 Å². The number of hydrogen-bond donors (Lipinski definition) is 5. The highest BCUT2D eigenvalue weighted by Crippen LogP contribution is 2.41. The first kappa shape index (κ1) is 62.2. The maximum atomic E-state index is 14.9. The van der Waals surface area contributed by atoms with Crippen molar-refractivity contribution in [2.24, 2.45) is 17.8 Å². The van der Waals surface area contributed by atoms with Crippen molar-refractivity contribution in [3.8, 4) is 0 Å². The number of benzene rings is 1. The van der Waals surface area contributed by atoms with Crippen molar-refractivity contribution in [1.29, 1.82) is 0 Å². The molecular formula is C55H92F2N6O13. The second-order valence-corrected chi connectivity index (χ2v) is 23.4. The molecule has 4 aliphatic heterocycles. The van der Waals surface area contributed by atoms with E-state index in [2.05, 4.69) is 10.3 Å². The lowest BCUT2D eigenvalue weighted by Gasteiger charge is -2.49. The number of methoxy groups -OCH3 is 2. The summed E-state index contributed by atoms with van der Waals surface area (Å²) < 4.78 is 74.4. The number of rotatable bonds is 16. The average molecular weight is 1080 g/mol. The van der Waals surface area contributed by atoms with Gasteiger partial charge in [0.25, 0.3) is 0 Å². The van der Waals surface area contributed by atoms with E-state index in [0.29, 0.717) is 51.1 Å². The van der Waals surface area contributed by atoms with Crippen LogP contribution in [0.15, 0.2) is 30.5 Å². The van der Waals surface area contributed by atoms with Gasteiger partial charge >= 0.3 is 5.97 Å². The van der Waals surface area contributed by atoms with Crippen molar-refractivity contribution in [3.63, 3.8) is 0 Å². The number of carbonyl (C=O) groups is 1. The van der Waals surface area contributed by atoms with E-state index in [0.717, 1.165) is 11.3 Å². The van der Waals surface area contributed by atoms with Gasteiger partial charge in [-0.2, -0.15) is 0 Å². The fourth-order valence-corrected chi connectivity index (χ4v) is 12.3. The fourth-order valence-electron chi connectivity index (χ4n) is 12.3. The van der Waals surface area contributed by atoms with Crippen LogP contribution in [-0.4, -0.2) is 214 Å². The lowest BCUT2D eigenvalue weighted by atomic mass is 9.77. The van der Waals surface area contributed by atoms with E-state index >= 15 is 0 Å². The maximum absolute atomic E-state index is 14.9. The van der Waals surface area contributed by atoms with E-state index in [1.165, 1.54) is 25.8 Å². The summed E-state index contributed by atoms with van der Waals surface area (Å²) in [4.78, 5) is 20.4. The van der Waals surface area contributed by atoms with Gasteiger partial charge in [0.1, 0.15) is 55.0 Å². The summed E-state index contributed by atoms with van der Waals surface area (Å²) in [6, 6.07) is 5.62. The van der Waals surface area contributed by atoms with E-state index in [4.69, 9.17) is 33.2 Å². The molecule has 0 spiro atoms. The molecule has 0 amide bonds. The van der Waals surface area contributed by atoms with Crippen LogP contribution < -0.4 is 4.90 Å². The Bertz CT molecular complexity index is 2130. The molecule has 0 saturated carbocycles. The molecule has 0 aliphatic carbocycles. The number of carbonyl (C=O) groups excluding carboxylic acids is 1. The summed E-state index contributed by atoms with van der Waals surface area (Å²) in [7, 11) is 6.72. The van der Waals surface area contributed by atoms with Gasteiger partial charge in [-0.1, -0.05) is 38.1 Å². The molecular weight excluding hydrogens is 991 g/mol. The Morgan fingerprint density at radius 2 is 1.64 bits per heavy atom. The first-order valence-corrected chi connectivity index (χ1v) is 27.4. The van der Waals surface area contributed by atoms with Crippen molar-refractivity contribution in [1.82, 2.24) is 24.8 Å². The van der Waals surface area contributed by atoms with Crippen LogP contribution >= 0.6 is 0 Å². The van der Waals surface area contributed by atoms with Crippen LogP contribution in [0.4, 0.5) is 14.5 Å². The fraction of sp³-hybridized carbons (Fsp3) is 0.836. The van der Waals surface area contributed by atoms with Gasteiger partial charge in [0.2, 0.25) is 0 Å². The molecule has 76 heavy (non-hydrogen) atoms. The second kappa shape index (κ2) is 26.0. The number of likely N-dealkylation sites (N-methyl/N-ethyl adjacent to an activating group) is 2. The Balaban J connectivity index is 1.25. The summed E-state index contributed by atoms with van der Waals surface area (Å²) >= 11 is 0. The Kier molecular flexibility index (Phi) is 21.3. The van der Waals surface area contributed by atoms with Gasteiger partial charge in [0, 0.05) is 83.1 Å². The van der Waals surface area contributed by atoms with E-state index < -0.39 is 133 Å². The summed E-state index contributed by atoms with van der Waals surface area (Å²) in [5.74, 6) is -2.90. The molecule has 4 saturated heterocycles. The minimum Gasteiger partial charge on any atom is -0.459 e. The number of aromatic nitrogens is 3. The highest BCUT2D eigenvalue weighted by molar-refractivity contribution is 5.73. The highest BCUT2D eigenvalue weighted by atomic mass is 19.1. The number of nitrogens with zero attached hydrogens (tertiary/aromatic N) is 6. The predicted molar refractivity (Wildman–Crippen MR) is 280 cm³/mol. The number of anilines is 1. The first-order chi connectivity index (χ1) is 35.7. The molecule has 19 nitrogen and oxygen atoms in total. The van der Waals surface area contributed by atoms with Gasteiger partial charge in [-0.3, -0.25) is 4.79 Å². The van der Waals surface area contributed by atoms with E-state index in [1.54, 1.807) is 54.7 Å². The number of ether oxygens (including phenoxy) is 7. The topological polar surface area (TPSA) is 223 Å². The zero-order chi connectivity index (χ0) is 56.2. The highest BCUT2D eigenvalue weighted by Gasteiger charge is 2.53. The van der Waals surface area contributed by atoms with Crippen molar-refractivity contribution < 1.29 is 72.3 Å². The van der Waals surface area contributed by atoms with Crippen LogP contribution in [0.3, 0.4) is 0 Å². The van der Waals surface area contributed by atoms with Crippen molar-refractivity contribution in [3.05, 3.63) is 41.7 Å². The first-order valence-electron chi connectivity index (χ1n) is 27.4. The Morgan fingerprint density at radius 1 is 0.961 bits per heavy atom. The molecule has 1 aromatic carbocycles.